The fourth-order valence-corrected chi connectivity index (χ4v) is 2.65. The van der Waals surface area contributed by atoms with Crippen LogP contribution in [-0.2, 0) is 12.8 Å². The summed E-state index contributed by atoms with van der Waals surface area (Å²) in [5.74, 6) is 1.39. The number of hydrogen-bond donors (Lipinski definition) is 2. The van der Waals surface area contributed by atoms with E-state index in [1.54, 1.807) is 14.2 Å². The van der Waals surface area contributed by atoms with Crippen molar-refractivity contribution in [2.24, 2.45) is 0 Å². The molecule has 0 spiro atoms. The van der Waals surface area contributed by atoms with Crippen molar-refractivity contribution < 1.29 is 14.3 Å². The SMILES string of the molecule is COc1ccc(CCNC(=O)NCCc2ccc(Br)cc2)cc1OC. The summed E-state index contributed by atoms with van der Waals surface area (Å²) in [6, 6.07) is 13.7. The van der Waals surface area contributed by atoms with Crippen LogP contribution in [0.5, 0.6) is 11.5 Å². The van der Waals surface area contributed by atoms with Crippen LogP contribution in [0.1, 0.15) is 11.1 Å². The van der Waals surface area contributed by atoms with E-state index in [9.17, 15) is 4.79 Å². The normalized spacial score (nSPS) is 10.2. The molecule has 2 aromatic carbocycles. The number of urea groups is 1. The minimum absolute atomic E-state index is 0.155. The average Bonchev–Trinajstić information content (AvgIpc) is 2.63. The molecule has 2 rings (SSSR count). The Kier molecular flexibility index (Phi) is 7.60. The van der Waals surface area contributed by atoms with Crippen LogP contribution >= 0.6 is 15.9 Å². The lowest BCUT2D eigenvalue weighted by Crippen LogP contribution is -2.37. The highest BCUT2D eigenvalue weighted by Crippen LogP contribution is 2.27. The number of methoxy groups -OCH3 is 2. The molecule has 5 nitrogen and oxygen atoms in total. The summed E-state index contributed by atoms with van der Waals surface area (Å²) in [4.78, 5) is 11.8. The molecule has 0 aliphatic rings. The van der Waals surface area contributed by atoms with Crippen LogP contribution < -0.4 is 20.1 Å². The molecule has 0 fully saturated rings. The predicted molar refractivity (Wildman–Crippen MR) is 102 cm³/mol. The van der Waals surface area contributed by atoms with Crippen LogP contribution in [0.2, 0.25) is 0 Å². The Morgan fingerprint density at radius 3 is 2.04 bits per heavy atom. The van der Waals surface area contributed by atoms with E-state index in [0.29, 0.717) is 24.6 Å². The van der Waals surface area contributed by atoms with E-state index in [-0.39, 0.29) is 6.03 Å². The van der Waals surface area contributed by atoms with Crippen LogP contribution in [0.25, 0.3) is 0 Å². The van der Waals surface area contributed by atoms with Crippen molar-refractivity contribution in [1.82, 2.24) is 10.6 Å². The minimum atomic E-state index is -0.155. The van der Waals surface area contributed by atoms with Crippen LogP contribution in [0, 0.1) is 0 Å². The number of halogens is 1. The van der Waals surface area contributed by atoms with Gasteiger partial charge in [0.15, 0.2) is 11.5 Å². The molecule has 6 heteroatoms. The molecule has 0 bridgehead atoms. The summed E-state index contributed by atoms with van der Waals surface area (Å²) >= 11 is 3.41. The van der Waals surface area contributed by atoms with Gasteiger partial charge in [0.2, 0.25) is 0 Å². The fourth-order valence-electron chi connectivity index (χ4n) is 2.39. The lowest BCUT2D eigenvalue weighted by Gasteiger charge is -2.10. The Morgan fingerprint density at radius 2 is 1.44 bits per heavy atom. The van der Waals surface area contributed by atoms with Crippen molar-refractivity contribution in [2.75, 3.05) is 27.3 Å². The molecule has 0 unspecified atom stereocenters. The van der Waals surface area contributed by atoms with Crippen molar-refractivity contribution in [2.45, 2.75) is 12.8 Å². The summed E-state index contributed by atoms with van der Waals surface area (Å²) in [5.41, 5.74) is 2.27. The molecule has 134 valence electrons. The van der Waals surface area contributed by atoms with Gasteiger partial charge in [-0.15, -0.1) is 0 Å². The Labute approximate surface area is 156 Å². The number of nitrogens with one attached hydrogen (secondary N) is 2. The molecule has 0 atom stereocenters. The van der Waals surface area contributed by atoms with Gasteiger partial charge in [-0.1, -0.05) is 34.1 Å². The number of rotatable bonds is 8. The van der Waals surface area contributed by atoms with E-state index in [2.05, 4.69) is 26.6 Å². The summed E-state index contributed by atoms with van der Waals surface area (Å²) in [7, 11) is 3.22. The van der Waals surface area contributed by atoms with Gasteiger partial charge in [-0.2, -0.15) is 0 Å². The molecule has 0 aromatic heterocycles. The van der Waals surface area contributed by atoms with Crippen molar-refractivity contribution in [3.05, 3.63) is 58.1 Å². The highest BCUT2D eigenvalue weighted by molar-refractivity contribution is 9.10. The van der Waals surface area contributed by atoms with Gasteiger partial charge in [-0.3, -0.25) is 0 Å². The third-order valence-corrected chi connectivity index (χ3v) is 4.29. The third-order valence-electron chi connectivity index (χ3n) is 3.76. The maximum absolute atomic E-state index is 11.8. The van der Waals surface area contributed by atoms with Crippen molar-refractivity contribution >= 4 is 22.0 Å². The van der Waals surface area contributed by atoms with E-state index in [1.807, 2.05) is 42.5 Å². The topological polar surface area (TPSA) is 59.6 Å². The van der Waals surface area contributed by atoms with Gasteiger partial charge in [-0.05, 0) is 48.2 Å². The first kappa shape index (κ1) is 19.1. The van der Waals surface area contributed by atoms with Crippen LogP contribution in [0.3, 0.4) is 0 Å². The summed E-state index contributed by atoms with van der Waals surface area (Å²) < 4.78 is 11.5. The molecule has 0 saturated carbocycles. The highest BCUT2D eigenvalue weighted by atomic mass is 79.9. The minimum Gasteiger partial charge on any atom is -0.493 e. The Morgan fingerprint density at radius 1 is 0.880 bits per heavy atom. The van der Waals surface area contributed by atoms with Crippen LogP contribution in [0.4, 0.5) is 4.79 Å². The molecule has 2 N–H and O–H groups in total. The zero-order chi connectivity index (χ0) is 18.1. The second-order valence-corrected chi connectivity index (χ2v) is 6.41. The van der Waals surface area contributed by atoms with Crippen molar-refractivity contribution in [3.63, 3.8) is 0 Å². The zero-order valence-electron chi connectivity index (χ0n) is 14.5. The highest BCUT2D eigenvalue weighted by Gasteiger charge is 2.05. The smallest absolute Gasteiger partial charge is 0.314 e. The van der Waals surface area contributed by atoms with Gasteiger partial charge in [0.05, 0.1) is 14.2 Å². The summed E-state index contributed by atoms with van der Waals surface area (Å²) in [5, 5.41) is 5.73. The number of benzene rings is 2. The van der Waals surface area contributed by atoms with Crippen LogP contribution in [0.15, 0.2) is 46.9 Å². The van der Waals surface area contributed by atoms with Gasteiger partial charge >= 0.3 is 6.03 Å². The number of amides is 2. The van der Waals surface area contributed by atoms with Gasteiger partial charge in [0, 0.05) is 17.6 Å². The van der Waals surface area contributed by atoms with Gasteiger partial charge in [-0.25, -0.2) is 4.79 Å². The third kappa shape index (κ3) is 6.31. The quantitative estimate of drug-likeness (QED) is 0.704. The maximum Gasteiger partial charge on any atom is 0.314 e. The largest absolute Gasteiger partial charge is 0.493 e. The van der Waals surface area contributed by atoms with Gasteiger partial charge < -0.3 is 20.1 Å². The summed E-state index contributed by atoms with van der Waals surface area (Å²) in [6.45, 7) is 1.16. The number of hydrogen-bond acceptors (Lipinski definition) is 3. The van der Waals surface area contributed by atoms with E-state index in [1.165, 1.54) is 5.56 Å². The Hall–Kier alpha value is -2.21. The number of carbonyl (C=O) groups excluding carboxylic acids is 1. The molecular formula is C19H23BrN2O3. The predicted octanol–water partition coefficient (Wildman–Crippen LogP) is 3.55. The molecule has 25 heavy (non-hydrogen) atoms. The molecular weight excluding hydrogens is 384 g/mol. The lowest BCUT2D eigenvalue weighted by atomic mass is 10.1. The molecule has 0 radical (unpaired) electrons. The van der Waals surface area contributed by atoms with Crippen LogP contribution in [-0.4, -0.2) is 33.3 Å². The Bertz CT molecular complexity index is 690. The lowest BCUT2D eigenvalue weighted by molar-refractivity contribution is 0.241. The summed E-state index contributed by atoms with van der Waals surface area (Å²) in [6.07, 6.45) is 1.52. The number of carbonyl (C=O) groups is 1. The monoisotopic (exact) mass is 406 g/mol. The molecule has 0 aliphatic heterocycles. The Balaban J connectivity index is 1.69. The van der Waals surface area contributed by atoms with Crippen molar-refractivity contribution in [3.8, 4) is 11.5 Å². The first-order chi connectivity index (χ1) is 12.1. The van der Waals surface area contributed by atoms with Gasteiger partial charge in [0.25, 0.3) is 0 Å². The maximum atomic E-state index is 11.8. The first-order valence-electron chi connectivity index (χ1n) is 8.09. The molecule has 2 aromatic rings. The molecule has 0 aliphatic carbocycles. The van der Waals surface area contributed by atoms with E-state index < -0.39 is 0 Å². The van der Waals surface area contributed by atoms with E-state index in [4.69, 9.17) is 9.47 Å². The second-order valence-electron chi connectivity index (χ2n) is 5.50. The number of ether oxygens (including phenoxy) is 2. The second kappa shape index (κ2) is 9.93. The zero-order valence-corrected chi connectivity index (χ0v) is 16.1. The average molecular weight is 407 g/mol. The van der Waals surface area contributed by atoms with E-state index >= 15 is 0 Å². The van der Waals surface area contributed by atoms with Gasteiger partial charge in [0.1, 0.15) is 0 Å². The first-order valence-corrected chi connectivity index (χ1v) is 8.88. The standard InChI is InChI=1S/C19H23BrN2O3/c1-24-17-8-5-15(13-18(17)25-2)10-12-22-19(23)21-11-9-14-3-6-16(20)7-4-14/h3-8,13H,9-12H2,1-2H3,(H2,21,22,23). The molecule has 0 heterocycles. The van der Waals surface area contributed by atoms with Crippen molar-refractivity contribution in [1.29, 1.82) is 0 Å². The van der Waals surface area contributed by atoms with E-state index in [0.717, 1.165) is 22.9 Å². The molecule has 2 amide bonds. The fraction of sp³-hybridized carbons (Fsp3) is 0.316. The molecule has 0 saturated heterocycles.